The Morgan fingerprint density at radius 2 is 1.56 bits per heavy atom. The van der Waals surface area contributed by atoms with Crippen molar-refractivity contribution < 1.29 is 24.2 Å². The topological polar surface area (TPSA) is 76.1 Å². The SMILES string of the molecule is COc1ccc(-c2ccc(C(=O)N(Cc3ccccc3OCCCCCC(=O)O)C3CC3)cc2)cc1. The van der Waals surface area contributed by atoms with Crippen LogP contribution in [0.2, 0.25) is 0 Å². The van der Waals surface area contributed by atoms with Gasteiger partial charge in [0, 0.05) is 30.1 Å². The molecule has 6 nitrogen and oxygen atoms in total. The van der Waals surface area contributed by atoms with Crippen molar-refractivity contribution in [2.24, 2.45) is 0 Å². The quantitative estimate of drug-likeness (QED) is 0.291. The van der Waals surface area contributed by atoms with Gasteiger partial charge in [-0.1, -0.05) is 42.5 Å². The van der Waals surface area contributed by atoms with E-state index in [1.807, 2.05) is 77.7 Å². The standard InChI is InChI=1S/C30H33NO5/c1-35-27-18-14-23(15-19-27)22-10-12-24(13-11-22)30(34)31(26-16-17-26)21-25-7-4-5-8-28(25)36-20-6-2-3-9-29(32)33/h4-5,7-8,10-15,18-19,26H,2-3,6,9,16-17,20-21H2,1H3,(H,32,33). The molecule has 0 bridgehead atoms. The zero-order chi connectivity index (χ0) is 25.3. The molecular weight excluding hydrogens is 454 g/mol. The summed E-state index contributed by atoms with van der Waals surface area (Å²) in [5, 5.41) is 8.76. The minimum absolute atomic E-state index is 0.0299. The fourth-order valence-electron chi connectivity index (χ4n) is 4.20. The summed E-state index contributed by atoms with van der Waals surface area (Å²) in [4.78, 5) is 26.1. The van der Waals surface area contributed by atoms with Gasteiger partial charge in [-0.05, 0) is 73.6 Å². The molecule has 1 aliphatic rings. The second kappa shape index (κ2) is 12.2. The van der Waals surface area contributed by atoms with E-state index in [0.717, 1.165) is 53.9 Å². The summed E-state index contributed by atoms with van der Waals surface area (Å²) in [7, 11) is 1.65. The summed E-state index contributed by atoms with van der Waals surface area (Å²) in [6, 6.07) is 23.8. The minimum Gasteiger partial charge on any atom is -0.497 e. The Kier molecular flexibility index (Phi) is 8.61. The summed E-state index contributed by atoms with van der Waals surface area (Å²) in [6.07, 6.45) is 4.49. The van der Waals surface area contributed by atoms with Gasteiger partial charge in [0.15, 0.2) is 0 Å². The van der Waals surface area contributed by atoms with Crippen LogP contribution in [0, 0.1) is 0 Å². The predicted octanol–water partition coefficient (Wildman–Crippen LogP) is 6.19. The van der Waals surface area contributed by atoms with Crippen LogP contribution in [0.4, 0.5) is 0 Å². The van der Waals surface area contributed by atoms with E-state index in [0.29, 0.717) is 25.1 Å². The smallest absolute Gasteiger partial charge is 0.303 e. The number of hydrogen-bond donors (Lipinski definition) is 1. The van der Waals surface area contributed by atoms with Crippen molar-refractivity contribution in [3.05, 3.63) is 83.9 Å². The Morgan fingerprint density at radius 1 is 0.889 bits per heavy atom. The van der Waals surface area contributed by atoms with Gasteiger partial charge in [0.25, 0.3) is 5.91 Å². The first-order chi connectivity index (χ1) is 17.5. The van der Waals surface area contributed by atoms with Crippen molar-refractivity contribution in [2.45, 2.75) is 51.1 Å². The third-order valence-corrected chi connectivity index (χ3v) is 6.41. The molecule has 3 aromatic carbocycles. The van der Waals surface area contributed by atoms with E-state index in [1.54, 1.807) is 7.11 Å². The Balaban J connectivity index is 1.40. The van der Waals surface area contributed by atoms with E-state index in [9.17, 15) is 9.59 Å². The Bertz CT molecular complexity index is 1150. The minimum atomic E-state index is -0.763. The zero-order valence-corrected chi connectivity index (χ0v) is 20.7. The molecule has 1 aliphatic carbocycles. The maximum absolute atomic E-state index is 13.5. The van der Waals surface area contributed by atoms with Gasteiger partial charge in [-0.15, -0.1) is 0 Å². The average Bonchev–Trinajstić information content (AvgIpc) is 3.75. The van der Waals surface area contributed by atoms with Crippen LogP contribution in [-0.2, 0) is 11.3 Å². The number of carboxylic acid groups (broad SMARTS) is 1. The molecule has 0 aromatic heterocycles. The van der Waals surface area contributed by atoms with Crippen LogP contribution >= 0.6 is 0 Å². The predicted molar refractivity (Wildman–Crippen MR) is 139 cm³/mol. The average molecular weight is 488 g/mol. The maximum Gasteiger partial charge on any atom is 0.303 e. The highest BCUT2D eigenvalue weighted by Crippen LogP contribution is 2.32. The molecule has 0 aliphatic heterocycles. The van der Waals surface area contributed by atoms with Gasteiger partial charge < -0.3 is 19.5 Å². The first kappa shape index (κ1) is 25.3. The Morgan fingerprint density at radius 3 is 2.19 bits per heavy atom. The van der Waals surface area contributed by atoms with Crippen LogP contribution in [0.3, 0.4) is 0 Å². The number of hydrogen-bond acceptors (Lipinski definition) is 4. The van der Waals surface area contributed by atoms with Gasteiger partial charge >= 0.3 is 5.97 Å². The van der Waals surface area contributed by atoms with Crippen LogP contribution < -0.4 is 9.47 Å². The number of para-hydroxylation sites is 1. The van der Waals surface area contributed by atoms with E-state index in [2.05, 4.69) is 0 Å². The number of carboxylic acids is 1. The maximum atomic E-state index is 13.5. The molecule has 36 heavy (non-hydrogen) atoms. The number of rotatable bonds is 13. The number of unbranched alkanes of at least 4 members (excludes halogenated alkanes) is 2. The highest BCUT2D eigenvalue weighted by atomic mass is 16.5. The molecule has 0 saturated heterocycles. The molecular formula is C30H33NO5. The Hall–Kier alpha value is -3.80. The molecule has 0 radical (unpaired) electrons. The zero-order valence-electron chi connectivity index (χ0n) is 20.7. The fourth-order valence-corrected chi connectivity index (χ4v) is 4.20. The van der Waals surface area contributed by atoms with Gasteiger partial charge in [-0.2, -0.15) is 0 Å². The third kappa shape index (κ3) is 6.87. The van der Waals surface area contributed by atoms with Gasteiger partial charge in [-0.25, -0.2) is 0 Å². The lowest BCUT2D eigenvalue weighted by Gasteiger charge is -2.24. The Labute approximate surface area is 212 Å². The highest BCUT2D eigenvalue weighted by molar-refractivity contribution is 5.95. The van der Waals surface area contributed by atoms with E-state index in [4.69, 9.17) is 14.6 Å². The normalized spacial score (nSPS) is 12.7. The van der Waals surface area contributed by atoms with Crippen LogP contribution in [-0.4, -0.2) is 41.6 Å². The van der Waals surface area contributed by atoms with Crippen molar-refractivity contribution in [1.82, 2.24) is 4.90 Å². The number of ether oxygens (including phenoxy) is 2. The largest absolute Gasteiger partial charge is 0.497 e. The molecule has 0 unspecified atom stereocenters. The molecule has 188 valence electrons. The number of nitrogens with zero attached hydrogens (tertiary/aromatic N) is 1. The molecule has 1 N–H and O–H groups in total. The number of aliphatic carboxylic acids is 1. The molecule has 4 rings (SSSR count). The van der Waals surface area contributed by atoms with E-state index in [-0.39, 0.29) is 18.4 Å². The van der Waals surface area contributed by atoms with Crippen molar-refractivity contribution in [1.29, 1.82) is 0 Å². The molecule has 3 aromatic rings. The molecule has 6 heteroatoms. The number of carbonyl (C=O) groups is 2. The van der Waals surface area contributed by atoms with Gasteiger partial charge in [0.05, 0.1) is 13.7 Å². The summed E-state index contributed by atoms with van der Waals surface area (Å²) < 4.78 is 11.3. The summed E-state index contributed by atoms with van der Waals surface area (Å²) in [5.74, 6) is 0.862. The monoisotopic (exact) mass is 487 g/mol. The van der Waals surface area contributed by atoms with Gasteiger partial charge in [-0.3, -0.25) is 9.59 Å². The van der Waals surface area contributed by atoms with Gasteiger partial charge in [0.1, 0.15) is 11.5 Å². The van der Waals surface area contributed by atoms with Crippen molar-refractivity contribution in [3.8, 4) is 22.6 Å². The molecule has 0 heterocycles. The number of amides is 1. The van der Waals surface area contributed by atoms with E-state index >= 15 is 0 Å². The summed E-state index contributed by atoms with van der Waals surface area (Å²) in [6.45, 7) is 1.03. The van der Waals surface area contributed by atoms with Crippen LogP contribution in [0.25, 0.3) is 11.1 Å². The fraction of sp³-hybridized carbons (Fsp3) is 0.333. The van der Waals surface area contributed by atoms with Crippen LogP contribution in [0.15, 0.2) is 72.8 Å². The number of methoxy groups -OCH3 is 1. The number of benzene rings is 3. The van der Waals surface area contributed by atoms with E-state index in [1.165, 1.54) is 0 Å². The van der Waals surface area contributed by atoms with Crippen LogP contribution in [0.1, 0.15) is 54.4 Å². The molecule has 1 amide bonds. The lowest BCUT2D eigenvalue weighted by molar-refractivity contribution is -0.137. The lowest BCUT2D eigenvalue weighted by atomic mass is 10.0. The van der Waals surface area contributed by atoms with Crippen LogP contribution in [0.5, 0.6) is 11.5 Å². The molecule has 0 spiro atoms. The van der Waals surface area contributed by atoms with Crippen molar-refractivity contribution in [3.63, 3.8) is 0 Å². The first-order valence-corrected chi connectivity index (χ1v) is 12.5. The number of carbonyl (C=O) groups excluding carboxylic acids is 1. The van der Waals surface area contributed by atoms with Crippen molar-refractivity contribution in [2.75, 3.05) is 13.7 Å². The third-order valence-electron chi connectivity index (χ3n) is 6.41. The second-order valence-corrected chi connectivity index (χ2v) is 9.13. The first-order valence-electron chi connectivity index (χ1n) is 12.5. The lowest BCUT2D eigenvalue weighted by Crippen LogP contribution is -2.32. The molecule has 0 atom stereocenters. The second-order valence-electron chi connectivity index (χ2n) is 9.13. The molecule has 1 saturated carbocycles. The molecule has 1 fully saturated rings. The van der Waals surface area contributed by atoms with Crippen molar-refractivity contribution >= 4 is 11.9 Å². The van der Waals surface area contributed by atoms with Gasteiger partial charge in [0.2, 0.25) is 0 Å². The highest BCUT2D eigenvalue weighted by Gasteiger charge is 2.33. The summed E-state index contributed by atoms with van der Waals surface area (Å²) in [5.41, 5.74) is 3.78. The summed E-state index contributed by atoms with van der Waals surface area (Å²) >= 11 is 0. The van der Waals surface area contributed by atoms with E-state index < -0.39 is 5.97 Å².